The Bertz CT molecular complexity index is 1220. The number of rotatable bonds is 3. The number of allylic oxidation sites excluding steroid dienone is 1. The maximum atomic E-state index is 13.0. The predicted molar refractivity (Wildman–Crippen MR) is 111 cm³/mol. The third-order valence-corrected chi connectivity index (χ3v) is 5.51. The van der Waals surface area contributed by atoms with Gasteiger partial charge in [-0.2, -0.15) is 0 Å². The van der Waals surface area contributed by atoms with Crippen molar-refractivity contribution < 1.29 is 23.7 Å². The van der Waals surface area contributed by atoms with Crippen molar-refractivity contribution in [3.05, 3.63) is 82.9 Å². The lowest BCUT2D eigenvalue weighted by molar-refractivity contribution is 0.0872. The van der Waals surface area contributed by atoms with E-state index < -0.39 is 0 Å². The second kappa shape index (κ2) is 7.14. The average Bonchev–Trinajstić information content (AvgIpc) is 3.39. The molecule has 0 aliphatic carbocycles. The summed E-state index contributed by atoms with van der Waals surface area (Å²) in [5, 5.41) is 0. The van der Waals surface area contributed by atoms with Gasteiger partial charge < -0.3 is 18.9 Å². The normalized spacial score (nSPS) is 17.8. The smallest absolute Gasteiger partial charge is 0.231 e. The summed E-state index contributed by atoms with van der Waals surface area (Å²) in [5.41, 5.74) is 3.35. The summed E-state index contributed by atoms with van der Waals surface area (Å²) in [6, 6.07) is 13.1. The minimum atomic E-state index is -0.139. The van der Waals surface area contributed by atoms with Gasteiger partial charge in [0.25, 0.3) is 0 Å². The lowest BCUT2D eigenvalue weighted by Gasteiger charge is -2.29. The fourth-order valence-corrected chi connectivity index (χ4v) is 4.01. The number of Topliss-reactive ketones (excluding diaryl/α,β-unsaturated/α-hetero) is 1. The highest BCUT2D eigenvalue weighted by molar-refractivity contribution is 6.15. The number of ketones is 1. The van der Waals surface area contributed by atoms with Crippen molar-refractivity contribution in [2.24, 2.45) is 0 Å². The van der Waals surface area contributed by atoms with Crippen LogP contribution < -0.4 is 18.9 Å². The number of aromatic nitrogens is 1. The zero-order valence-electron chi connectivity index (χ0n) is 16.5. The molecule has 1 aromatic heterocycles. The first-order valence-corrected chi connectivity index (χ1v) is 9.98. The Balaban J connectivity index is 1.29. The van der Waals surface area contributed by atoms with E-state index in [4.69, 9.17) is 18.9 Å². The van der Waals surface area contributed by atoms with E-state index in [9.17, 15) is 4.79 Å². The monoisotopic (exact) mass is 414 g/mol. The summed E-state index contributed by atoms with van der Waals surface area (Å²) in [6.45, 7) is 2.00. The summed E-state index contributed by atoms with van der Waals surface area (Å²) in [4.78, 5) is 19.3. The molecule has 3 aromatic rings. The number of nitrogens with zero attached hydrogens (tertiary/aromatic N) is 2. The van der Waals surface area contributed by atoms with Crippen molar-refractivity contribution in [1.29, 1.82) is 0 Å². The first kappa shape index (κ1) is 18.0. The zero-order chi connectivity index (χ0) is 20.8. The van der Waals surface area contributed by atoms with Crippen LogP contribution in [0.4, 0.5) is 0 Å². The Morgan fingerprint density at radius 1 is 1.03 bits per heavy atom. The van der Waals surface area contributed by atoms with Crippen LogP contribution in [-0.2, 0) is 13.1 Å². The fourth-order valence-electron chi connectivity index (χ4n) is 4.01. The molecule has 4 heterocycles. The van der Waals surface area contributed by atoms with Gasteiger partial charge in [0, 0.05) is 25.5 Å². The first-order valence-electron chi connectivity index (χ1n) is 9.98. The van der Waals surface area contributed by atoms with Gasteiger partial charge in [-0.25, -0.2) is 0 Å². The highest BCUT2D eigenvalue weighted by Gasteiger charge is 2.33. The first-order chi connectivity index (χ1) is 15.2. The molecule has 154 valence electrons. The minimum absolute atomic E-state index is 0.139. The van der Waals surface area contributed by atoms with E-state index in [0.29, 0.717) is 42.6 Å². The summed E-state index contributed by atoms with van der Waals surface area (Å²) in [6.07, 6.45) is 5.33. The van der Waals surface area contributed by atoms with Gasteiger partial charge in [0.2, 0.25) is 12.6 Å². The molecule has 0 amide bonds. The topological polar surface area (TPSA) is 70.1 Å². The summed E-state index contributed by atoms with van der Waals surface area (Å²) in [7, 11) is 0. The van der Waals surface area contributed by atoms with E-state index in [1.165, 1.54) is 0 Å². The van der Waals surface area contributed by atoms with Crippen LogP contribution in [0.3, 0.4) is 0 Å². The Morgan fingerprint density at radius 2 is 1.94 bits per heavy atom. The number of benzene rings is 2. The number of carbonyl (C=O) groups is 1. The van der Waals surface area contributed by atoms with Crippen molar-refractivity contribution in [3.8, 4) is 23.0 Å². The minimum Gasteiger partial charge on any atom is -0.478 e. The molecule has 7 heteroatoms. The van der Waals surface area contributed by atoms with Crippen molar-refractivity contribution in [1.82, 2.24) is 9.88 Å². The molecule has 6 rings (SSSR count). The molecule has 0 atom stereocenters. The van der Waals surface area contributed by atoms with Crippen molar-refractivity contribution in [3.63, 3.8) is 0 Å². The van der Waals surface area contributed by atoms with E-state index in [2.05, 4.69) is 9.88 Å². The van der Waals surface area contributed by atoms with Gasteiger partial charge in [-0.05, 0) is 47.5 Å². The molecule has 0 spiro atoms. The predicted octanol–water partition coefficient (Wildman–Crippen LogP) is 3.78. The van der Waals surface area contributed by atoms with E-state index in [1.54, 1.807) is 18.3 Å². The van der Waals surface area contributed by atoms with Crippen LogP contribution in [0.5, 0.6) is 23.0 Å². The van der Waals surface area contributed by atoms with Crippen LogP contribution in [-0.4, -0.2) is 29.2 Å². The quantitative estimate of drug-likeness (QED) is 0.604. The Morgan fingerprint density at radius 3 is 2.84 bits per heavy atom. The molecule has 0 radical (unpaired) electrons. The van der Waals surface area contributed by atoms with E-state index in [-0.39, 0.29) is 18.3 Å². The molecule has 0 saturated heterocycles. The SMILES string of the molecule is O=C1C(=Cc2ccc3c(c2)OCO3)Oc2c1ccc1c2CN(Cc2cccnc2)CO1. The molecular weight excluding hydrogens is 396 g/mol. The van der Waals surface area contributed by atoms with Crippen LogP contribution in [0.1, 0.15) is 27.0 Å². The largest absolute Gasteiger partial charge is 0.478 e. The number of ether oxygens (including phenoxy) is 4. The van der Waals surface area contributed by atoms with E-state index >= 15 is 0 Å². The molecule has 31 heavy (non-hydrogen) atoms. The Hall–Kier alpha value is -3.84. The molecule has 7 nitrogen and oxygen atoms in total. The summed E-state index contributed by atoms with van der Waals surface area (Å²) < 4.78 is 22.8. The van der Waals surface area contributed by atoms with Crippen LogP contribution in [0.15, 0.2) is 60.6 Å². The molecular formula is C24H18N2O5. The highest BCUT2D eigenvalue weighted by atomic mass is 16.7. The van der Waals surface area contributed by atoms with Crippen LogP contribution in [0, 0.1) is 0 Å². The van der Waals surface area contributed by atoms with E-state index in [1.807, 2.05) is 42.6 Å². The summed E-state index contributed by atoms with van der Waals surface area (Å²) >= 11 is 0. The molecule has 0 bridgehead atoms. The van der Waals surface area contributed by atoms with Gasteiger partial charge in [-0.3, -0.25) is 14.7 Å². The molecule has 2 aromatic carbocycles. The Labute approximate surface area is 178 Å². The number of pyridine rings is 1. The average molecular weight is 414 g/mol. The molecule has 0 N–H and O–H groups in total. The number of hydrogen-bond acceptors (Lipinski definition) is 7. The molecule has 0 fully saturated rings. The third kappa shape index (κ3) is 3.19. The van der Waals surface area contributed by atoms with E-state index in [0.717, 1.165) is 22.4 Å². The number of fused-ring (bicyclic) bond motifs is 4. The third-order valence-electron chi connectivity index (χ3n) is 5.51. The molecule has 3 aliphatic heterocycles. The van der Waals surface area contributed by atoms with Crippen molar-refractivity contribution >= 4 is 11.9 Å². The molecule has 0 saturated carbocycles. The maximum absolute atomic E-state index is 13.0. The lowest BCUT2D eigenvalue weighted by Crippen LogP contribution is -2.31. The molecule has 0 unspecified atom stereocenters. The lowest BCUT2D eigenvalue weighted by atomic mass is 10.0. The second-order valence-electron chi connectivity index (χ2n) is 7.59. The van der Waals surface area contributed by atoms with Gasteiger partial charge in [-0.15, -0.1) is 0 Å². The summed E-state index contributed by atoms with van der Waals surface area (Å²) in [5.74, 6) is 2.83. The standard InChI is InChI=1S/C24H18N2O5/c27-23-17-4-6-19-18(12-26(13-28-19)11-16-2-1-7-25-10-16)24(17)31-22(23)9-15-3-5-20-21(8-15)30-14-29-20/h1-10H,11-14H2. The van der Waals surface area contributed by atoms with Crippen LogP contribution in [0.2, 0.25) is 0 Å². The van der Waals surface area contributed by atoms with Gasteiger partial charge in [0.15, 0.2) is 17.3 Å². The van der Waals surface area contributed by atoms with Crippen LogP contribution in [0.25, 0.3) is 6.08 Å². The zero-order valence-corrected chi connectivity index (χ0v) is 16.5. The van der Waals surface area contributed by atoms with Crippen molar-refractivity contribution in [2.45, 2.75) is 13.1 Å². The fraction of sp³-hybridized carbons (Fsp3) is 0.167. The highest BCUT2D eigenvalue weighted by Crippen LogP contribution is 2.42. The van der Waals surface area contributed by atoms with Gasteiger partial charge in [-0.1, -0.05) is 12.1 Å². The van der Waals surface area contributed by atoms with Gasteiger partial charge in [0.1, 0.15) is 18.2 Å². The van der Waals surface area contributed by atoms with Gasteiger partial charge in [0.05, 0.1) is 11.1 Å². The molecule has 3 aliphatic rings. The van der Waals surface area contributed by atoms with Crippen molar-refractivity contribution in [2.75, 3.05) is 13.5 Å². The van der Waals surface area contributed by atoms with Gasteiger partial charge >= 0.3 is 0 Å². The number of hydrogen-bond donors (Lipinski definition) is 0. The maximum Gasteiger partial charge on any atom is 0.231 e. The Kier molecular flexibility index (Phi) is 4.14. The number of carbonyl (C=O) groups excluding carboxylic acids is 1. The van der Waals surface area contributed by atoms with Crippen LogP contribution >= 0.6 is 0 Å². The second-order valence-corrected chi connectivity index (χ2v) is 7.59.